The van der Waals surface area contributed by atoms with E-state index in [2.05, 4.69) is 10.6 Å². The summed E-state index contributed by atoms with van der Waals surface area (Å²) in [6, 6.07) is 5.85. The van der Waals surface area contributed by atoms with E-state index in [1.165, 1.54) is 0 Å². The highest BCUT2D eigenvalue weighted by atomic mass is 32.2. The van der Waals surface area contributed by atoms with E-state index in [1.54, 1.807) is 24.3 Å². The van der Waals surface area contributed by atoms with Crippen LogP contribution in [0.4, 0.5) is 4.79 Å². The lowest BCUT2D eigenvalue weighted by molar-refractivity contribution is -0.136. The number of amides is 4. The zero-order chi connectivity index (χ0) is 19.2. The molecule has 1 aromatic carbocycles. The van der Waals surface area contributed by atoms with Crippen LogP contribution in [-0.2, 0) is 25.0 Å². The highest BCUT2D eigenvalue weighted by Gasteiger charge is 2.55. The fourth-order valence-electron chi connectivity index (χ4n) is 3.84. The minimum Gasteiger partial charge on any atom is -0.493 e. The minimum absolute atomic E-state index is 0.0287. The van der Waals surface area contributed by atoms with Crippen LogP contribution in [-0.4, -0.2) is 61.9 Å². The number of sulfone groups is 1. The molecule has 2 saturated heterocycles. The molecule has 0 bridgehead atoms. The Kier molecular flexibility index (Phi) is 4.10. The first-order valence-electron chi connectivity index (χ1n) is 8.67. The lowest BCUT2D eigenvalue weighted by atomic mass is 9.84. The van der Waals surface area contributed by atoms with Gasteiger partial charge in [0.2, 0.25) is 5.91 Å². The first kappa shape index (κ1) is 17.8. The van der Waals surface area contributed by atoms with Gasteiger partial charge in [-0.05, 0) is 12.5 Å². The second-order valence-electron chi connectivity index (χ2n) is 6.99. The summed E-state index contributed by atoms with van der Waals surface area (Å²) in [5, 5.41) is 5.32. The molecule has 0 aromatic heterocycles. The Bertz CT molecular complexity index is 930. The smallest absolute Gasteiger partial charge is 0.325 e. The molecule has 3 aliphatic rings. The quantitative estimate of drug-likeness (QED) is 0.669. The zero-order valence-electron chi connectivity index (χ0n) is 14.4. The third-order valence-electron chi connectivity index (χ3n) is 5.16. The van der Waals surface area contributed by atoms with Crippen molar-refractivity contribution in [3.63, 3.8) is 0 Å². The summed E-state index contributed by atoms with van der Waals surface area (Å²) in [6.07, 6.45) is 0.608. The Labute approximate surface area is 156 Å². The number of nitrogens with zero attached hydrogens (tertiary/aromatic N) is 1. The minimum atomic E-state index is -3.13. The van der Waals surface area contributed by atoms with Gasteiger partial charge in [-0.2, -0.15) is 0 Å². The topological polar surface area (TPSA) is 122 Å². The Balaban J connectivity index is 1.50. The van der Waals surface area contributed by atoms with Gasteiger partial charge >= 0.3 is 6.03 Å². The van der Waals surface area contributed by atoms with Crippen molar-refractivity contribution in [2.24, 2.45) is 0 Å². The largest absolute Gasteiger partial charge is 0.493 e. The molecule has 4 rings (SSSR count). The standard InChI is InChI=1S/C17H19N3O6S/c21-14(18-11-5-8-27(24,25)10-11)9-20-15(22)17(19-16(20)23)6-7-26-13-4-2-1-3-12(13)17/h1-4,11H,5-10H2,(H,18,21)(H,19,23)/t11-,17-/m1/s1. The van der Waals surface area contributed by atoms with Crippen LogP contribution in [0.1, 0.15) is 18.4 Å². The second-order valence-corrected chi connectivity index (χ2v) is 9.22. The van der Waals surface area contributed by atoms with E-state index in [-0.39, 0.29) is 24.5 Å². The fourth-order valence-corrected chi connectivity index (χ4v) is 5.51. The van der Waals surface area contributed by atoms with Crippen molar-refractivity contribution in [3.8, 4) is 5.75 Å². The van der Waals surface area contributed by atoms with Crippen LogP contribution in [0.5, 0.6) is 5.75 Å². The number of hydrogen-bond donors (Lipinski definition) is 2. The normalized spacial score (nSPS) is 28.6. The summed E-state index contributed by atoms with van der Waals surface area (Å²) >= 11 is 0. The molecule has 0 unspecified atom stereocenters. The number of carbonyl (C=O) groups excluding carboxylic acids is 3. The maximum Gasteiger partial charge on any atom is 0.325 e. The van der Waals surface area contributed by atoms with Gasteiger partial charge in [-0.25, -0.2) is 13.2 Å². The summed E-state index contributed by atoms with van der Waals surface area (Å²) in [5.41, 5.74) is -0.664. The molecule has 0 radical (unpaired) electrons. The van der Waals surface area contributed by atoms with Gasteiger partial charge in [0.15, 0.2) is 15.4 Å². The summed E-state index contributed by atoms with van der Waals surface area (Å²) in [4.78, 5) is 38.6. The van der Waals surface area contributed by atoms with Crippen LogP contribution in [0.3, 0.4) is 0 Å². The second kappa shape index (κ2) is 6.22. The van der Waals surface area contributed by atoms with Gasteiger partial charge in [-0.3, -0.25) is 14.5 Å². The van der Waals surface area contributed by atoms with E-state index in [0.29, 0.717) is 17.7 Å². The van der Waals surface area contributed by atoms with E-state index in [9.17, 15) is 22.8 Å². The van der Waals surface area contributed by atoms with E-state index in [4.69, 9.17) is 4.74 Å². The SMILES string of the molecule is O=C(CN1C(=O)N[C@@]2(CCOc3ccccc32)C1=O)N[C@@H]1CCS(=O)(=O)C1. The summed E-state index contributed by atoms with van der Waals surface area (Å²) < 4.78 is 28.6. The van der Waals surface area contributed by atoms with Crippen LogP contribution in [0, 0.1) is 0 Å². The molecule has 0 saturated carbocycles. The van der Waals surface area contributed by atoms with E-state index in [1.807, 2.05) is 0 Å². The van der Waals surface area contributed by atoms with Crippen LogP contribution in [0.25, 0.3) is 0 Å². The Hall–Kier alpha value is -2.62. The lowest BCUT2D eigenvalue weighted by Gasteiger charge is -2.33. The number of para-hydroxylation sites is 1. The van der Waals surface area contributed by atoms with Crippen LogP contribution >= 0.6 is 0 Å². The van der Waals surface area contributed by atoms with Crippen molar-refractivity contribution < 1.29 is 27.5 Å². The zero-order valence-corrected chi connectivity index (χ0v) is 15.3. The van der Waals surface area contributed by atoms with Crippen LogP contribution in [0.2, 0.25) is 0 Å². The average Bonchev–Trinajstić information content (AvgIpc) is 3.07. The van der Waals surface area contributed by atoms with E-state index in [0.717, 1.165) is 4.90 Å². The summed E-state index contributed by atoms with van der Waals surface area (Å²) in [5.74, 6) is -0.621. The number of carbonyl (C=O) groups is 3. The van der Waals surface area contributed by atoms with Crippen molar-refractivity contribution in [3.05, 3.63) is 29.8 Å². The first-order valence-corrected chi connectivity index (χ1v) is 10.5. The van der Waals surface area contributed by atoms with Gasteiger partial charge in [0.1, 0.15) is 12.3 Å². The fraction of sp³-hybridized carbons (Fsp3) is 0.471. The number of hydrogen-bond acceptors (Lipinski definition) is 6. The number of fused-ring (bicyclic) bond motifs is 2. The molecule has 1 aromatic rings. The van der Waals surface area contributed by atoms with Crippen molar-refractivity contribution in [2.45, 2.75) is 24.4 Å². The Morgan fingerprint density at radius 2 is 2.11 bits per heavy atom. The maximum atomic E-state index is 13.0. The summed E-state index contributed by atoms with van der Waals surface area (Å²) in [6.45, 7) is -0.186. The molecular weight excluding hydrogens is 374 g/mol. The average molecular weight is 393 g/mol. The van der Waals surface area contributed by atoms with Crippen molar-refractivity contribution in [1.29, 1.82) is 0 Å². The molecule has 4 amide bonds. The third kappa shape index (κ3) is 3.03. The van der Waals surface area contributed by atoms with Gasteiger partial charge < -0.3 is 15.4 Å². The summed E-state index contributed by atoms with van der Waals surface area (Å²) in [7, 11) is -3.13. The molecule has 2 fully saturated rings. The van der Waals surface area contributed by atoms with Gasteiger partial charge in [0.05, 0.1) is 18.1 Å². The Morgan fingerprint density at radius 1 is 1.33 bits per heavy atom. The molecule has 2 N–H and O–H groups in total. The highest BCUT2D eigenvalue weighted by Crippen LogP contribution is 2.40. The molecular formula is C17H19N3O6S. The number of rotatable bonds is 3. The molecule has 3 heterocycles. The monoisotopic (exact) mass is 393 g/mol. The van der Waals surface area contributed by atoms with Crippen molar-refractivity contribution >= 4 is 27.7 Å². The number of benzene rings is 1. The van der Waals surface area contributed by atoms with Gasteiger partial charge in [-0.15, -0.1) is 0 Å². The molecule has 2 atom stereocenters. The van der Waals surface area contributed by atoms with Crippen LogP contribution < -0.4 is 15.4 Å². The highest BCUT2D eigenvalue weighted by molar-refractivity contribution is 7.91. The number of urea groups is 1. The van der Waals surface area contributed by atoms with Crippen molar-refractivity contribution in [1.82, 2.24) is 15.5 Å². The lowest BCUT2D eigenvalue weighted by Crippen LogP contribution is -2.48. The predicted octanol–water partition coefficient (Wildman–Crippen LogP) is -0.480. The molecule has 9 nitrogen and oxygen atoms in total. The first-order chi connectivity index (χ1) is 12.8. The molecule has 144 valence electrons. The number of imide groups is 1. The van der Waals surface area contributed by atoms with Crippen molar-refractivity contribution in [2.75, 3.05) is 24.7 Å². The van der Waals surface area contributed by atoms with Gasteiger partial charge in [0, 0.05) is 18.0 Å². The van der Waals surface area contributed by atoms with Gasteiger partial charge in [0.25, 0.3) is 5.91 Å². The molecule has 27 heavy (non-hydrogen) atoms. The molecule has 0 aliphatic carbocycles. The number of nitrogens with one attached hydrogen (secondary N) is 2. The molecule has 10 heteroatoms. The molecule has 3 aliphatic heterocycles. The maximum absolute atomic E-state index is 13.0. The number of ether oxygens (including phenoxy) is 1. The molecule has 1 spiro atoms. The van der Waals surface area contributed by atoms with E-state index < -0.39 is 45.8 Å². The van der Waals surface area contributed by atoms with E-state index >= 15 is 0 Å². The van der Waals surface area contributed by atoms with Gasteiger partial charge in [-0.1, -0.05) is 18.2 Å². The Morgan fingerprint density at radius 3 is 2.85 bits per heavy atom. The third-order valence-corrected chi connectivity index (χ3v) is 6.92. The predicted molar refractivity (Wildman–Crippen MR) is 93.7 cm³/mol. The van der Waals surface area contributed by atoms with Crippen LogP contribution in [0.15, 0.2) is 24.3 Å².